The molecule has 1 fully saturated rings. The van der Waals surface area contributed by atoms with Crippen LogP contribution in [0.4, 0.5) is 0 Å². The molecule has 0 radical (unpaired) electrons. The first-order chi connectivity index (χ1) is 20.7. The molecule has 1 aliphatic carbocycles. The third-order valence-electron chi connectivity index (χ3n) is 9.78. The normalized spacial score (nSPS) is 24.2. The molecule has 1 aromatic rings. The predicted octanol–water partition coefficient (Wildman–Crippen LogP) is 5.94. The van der Waals surface area contributed by atoms with Crippen LogP contribution < -0.4 is 11.1 Å². The second-order valence-corrected chi connectivity index (χ2v) is 13.4. The number of carboxylic acids is 1. The Hall–Kier alpha value is -2.29. The SMILES string of the molecule is CCCCCCCC(O)CCCCCCC(C(=O)O)C(O)CCC1(O)CC(CC2=CCNC(N)=C2)CC1Cc1ccc[nH]1. The van der Waals surface area contributed by atoms with Crippen molar-refractivity contribution < 1.29 is 25.2 Å². The zero-order valence-electron chi connectivity index (χ0n) is 26.5. The second-order valence-electron chi connectivity index (χ2n) is 13.4. The summed E-state index contributed by atoms with van der Waals surface area (Å²) < 4.78 is 0. The Morgan fingerprint density at radius 1 is 1.02 bits per heavy atom. The van der Waals surface area contributed by atoms with E-state index in [1.54, 1.807) is 0 Å². The number of hydrogen-bond acceptors (Lipinski definition) is 6. The van der Waals surface area contributed by atoms with Gasteiger partial charge in [0.1, 0.15) is 0 Å². The number of hydrogen-bond donors (Lipinski definition) is 7. The molecule has 8 heteroatoms. The summed E-state index contributed by atoms with van der Waals surface area (Å²) in [4.78, 5) is 15.3. The number of nitrogens with two attached hydrogens (primary N) is 1. The average molecular weight is 602 g/mol. The Morgan fingerprint density at radius 2 is 1.72 bits per heavy atom. The lowest BCUT2D eigenvalue weighted by atomic mass is 9.81. The van der Waals surface area contributed by atoms with Crippen LogP contribution in [0, 0.1) is 17.8 Å². The Bertz CT molecular complexity index is 994. The first kappa shape index (κ1) is 35.2. The molecule has 0 spiro atoms. The summed E-state index contributed by atoms with van der Waals surface area (Å²) in [5, 5.41) is 46.1. The van der Waals surface area contributed by atoms with Crippen molar-refractivity contribution in [3.05, 3.63) is 47.6 Å². The number of aromatic nitrogens is 1. The van der Waals surface area contributed by atoms with Crippen LogP contribution in [0.15, 0.2) is 41.9 Å². The molecule has 1 saturated carbocycles. The van der Waals surface area contributed by atoms with Crippen molar-refractivity contribution in [2.45, 2.75) is 140 Å². The van der Waals surface area contributed by atoms with Crippen LogP contribution in [-0.2, 0) is 11.2 Å². The van der Waals surface area contributed by atoms with Gasteiger partial charge in [-0.2, -0.15) is 0 Å². The highest BCUT2D eigenvalue weighted by Gasteiger charge is 2.46. The summed E-state index contributed by atoms with van der Waals surface area (Å²) in [6.07, 6.45) is 20.2. The zero-order valence-corrected chi connectivity index (χ0v) is 26.5. The van der Waals surface area contributed by atoms with E-state index in [1.165, 1.54) is 31.3 Å². The molecule has 0 bridgehead atoms. The molecular formula is C35H59N3O5. The van der Waals surface area contributed by atoms with Crippen molar-refractivity contribution in [1.82, 2.24) is 10.3 Å². The number of unbranched alkanes of at least 4 members (excludes halogenated alkanes) is 7. The van der Waals surface area contributed by atoms with E-state index in [-0.39, 0.29) is 18.4 Å². The van der Waals surface area contributed by atoms with Crippen LogP contribution in [0.2, 0.25) is 0 Å². The largest absolute Gasteiger partial charge is 0.481 e. The van der Waals surface area contributed by atoms with E-state index in [1.807, 2.05) is 24.4 Å². The number of aliphatic hydroxyl groups excluding tert-OH is 2. The van der Waals surface area contributed by atoms with Crippen LogP contribution in [0.5, 0.6) is 0 Å². The van der Waals surface area contributed by atoms with Crippen molar-refractivity contribution in [2.24, 2.45) is 23.5 Å². The molecule has 0 saturated heterocycles. The molecule has 6 unspecified atom stereocenters. The number of aliphatic carboxylic acids is 1. The van der Waals surface area contributed by atoms with Gasteiger partial charge in [-0.25, -0.2) is 0 Å². The summed E-state index contributed by atoms with van der Waals surface area (Å²) in [5.74, 6) is -0.800. The summed E-state index contributed by atoms with van der Waals surface area (Å²) in [7, 11) is 0. The van der Waals surface area contributed by atoms with E-state index in [9.17, 15) is 25.2 Å². The van der Waals surface area contributed by atoms with Crippen molar-refractivity contribution in [1.29, 1.82) is 0 Å². The Labute approximate surface area is 259 Å². The van der Waals surface area contributed by atoms with Crippen molar-refractivity contribution >= 4 is 5.97 Å². The summed E-state index contributed by atoms with van der Waals surface area (Å²) in [5.41, 5.74) is 7.28. The third kappa shape index (κ3) is 12.3. The topological polar surface area (TPSA) is 152 Å². The first-order valence-corrected chi connectivity index (χ1v) is 17.0. The van der Waals surface area contributed by atoms with Gasteiger partial charge in [-0.15, -0.1) is 0 Å². The highest BCUT2D eigenvalue weighted by Crippen LogP contribution is 2.47. The van der Waals surface area contributed by atoms with Gasteiger partial charge in [0.05, 0.1) is 29.5 Å². The average Bonchev–Trinajstić information content (AvgIpc) is 3.58. The number of dihydropyridines is 1. The smallest absolute Gasteiger partial charge is 0.309 e. The summed E-state index contributed by atoms with van der Waals surface area (Å²) >= 11 is 0. The first-order valence-electron chi connectivity index (χ1n) is 17.0. The molecule has 1 aromatic heterocycles. The van der Waals surface area contributed by atoms with Gasteiger partial charge < -0.3 is 36.5 Å². The lowest BCUT2D eigenvalue weighted by Crippen LogP contribution is -2.37. The molecule has 0 amide bonds. The van der Waals surface area contributed by atoms with Gasteiger partial charge in [0.25, 0.3) is 0 Å². The summed E-state index contributed by atoms with van der Waals surface area (Å²) in [6.45, 7) is 2.92. The Morgan fingerprint density at radius 3 is 2.35 bits per heavy atom. The minimum Gasteiger partial charge on any atom is -0.481 e. The standard InChI is InChI=1S/C35H59N3O5/c1-2-3-4-5-8-13-30(39)14-9-6-7-10-15-31(34(41)42)32(40)16-18-35(43)25-27(21-26-17-20-38-33(36)23-26)22-28(35)24-29-12-11-19-37-29/h11-12,17,19,23,27-28,30-32,37-40,43H,2-10,13-16,18,20-22,24-25,36H2,1H3,(H,41,42). The molecule has 8 N–H and O–H groups in total. The van der Waals surface area contributed by atoms with E-state index in [4.69, 9.17) is 5.73 Å². The molecule has 244 valence electrons. The monoisotopic (exact) mass is 601 g/mol. The highest BCUT2D eigenvalue weighted by atomic mass is 16.4. The Balaban J connectivity index is 1.44. The number of rotatable bonds is 22. The molecule has 6 atom stereocenters. The molecular weight excluding hydrogens is 542 g/mol. The van der Waals surface area contributed by atoms with Crippen LogP contribution in [-0.4, -0.2) is 55.7 Å². The van der Waals surface area contributed by atoms with Crippen molar-refractivity contribution in [3.8, 4) is 0 Å². The van der Waals surface area contributed by atoms with Crippen LogP contribution in [0.25, 0.3) is 0 Å². The van der Waals surface area contributed by atoms with Gasteiger partial charge in [0, 0.05) is 18.4 Å². The van der Waals surface area contributed by atoms with E-state index in [2.05, 4.69) is 23.3 Å². The van der Waals surface area contributed by atoms with E-state index >= 15 is 0 Å². The number of H-pyrrole nitrogens is 1. The number of carboxylic acid groups (broad SMARTS) is 1. The van der Waals surface area contributed by atoms with Gasteiger partial charge in [-0.3, -0.25) is 4.79 Å². The zero-order chi connectivity index (χ0) is 31.1. The number of carbonyl (C=O) groups is 1. The highest BCUT2D eigenvalue weighted by molar-refractivity contribution is 5.70. The molecule has 2 aliphatic rings. The lowest BCUT2D eigenvalue weighted by Gasteiger charge is -2.32. The van der Waals surface area contributed by atoms with Crippen LogP contribution in [0.3, 0.4) is 0 Å². The number of allylic oxidation sites excluding steroid dienone is 2. The lowest BCUT2D eigenvalue weighted by molar-refractivity contribution is -0.146. The van der Waals surface area contributed by atoms with Gasteiger partial charge in [0.15, 0.2) is 0 Å². The van der Waals surface area contributed by atoms with E-state index < -0.39 is 23.6 Å². The van der Waals surface area contributed by atoms with E-state index in [0.717, 1.165) is 69.9 Å². The van der Waals surface area contributed by atoms with Crippen LogP contribution in [0.1, 0.15) is 122 Å². The molecule has 0 aromatic carbocycles. The summed E-state index contributed by atoms with van der Waals surface area (Å²) in [6, 6.07) is 4.00. The number of aromatic amines is 1. The number of aliphatic hydroxyl groups is 3. The fourth-order valence-corrected chi connectivity index (χ4v) is 7.26. The predicted molar refractivity (Wildman–Crippen MR) is 172 cm³/mol. The van der Waals surface area contributed by atoms with Gasteiger partial charge >= 0.3 is 5.97 Å². The van der Waals surface area contributed by atoms with Gasteiger partial charge in [0.2, 0.25) is 0 Å². The molecule has 43 heavy (non-hydrogen) atoms. The van der Waals surface area contributed by atoms with Gasteiger partial charge in [-0.1, -0.05) is 70.8 Å². The maximum Gasteiger partial charge on any atom is 0.309 e. The van der Waals surface area contributed by atoms with Crippen molar-refractivity contribution in [2.75, 3.05) is 6.54 Å². The third-order valence-corrected chi connectivity index (χ3v) is 9.78. The maximum absolute atomic E-state index is 12.1. The number of nitrogens with one attached hydrogen (secondary N) is 2. The van der Waals surface area contributed by atoms with E-state index in [0.29, 0.717) is 37.5 Å². The fraction of sp³-hybridized carbons (Fsp3) is 0.743. The molecule has 3 rings (SSSR count). The quantitative estimate of drug-likeness (QED) is 0.0813. The van der Waals surface area contributed by atoms with Crippen LogP contribution >= 0.6 is 0 Å². The molecule has 2 heterocycles. The Kier molecular flexibility index (Phi) is 15.1. The van der Waals surface area contributed by atoms with Crippen molar-refractivity contribution in [3.63, 3.8) is 0 Å². The fourth-order valence-electron chi connectivity index (χ4n) is 7.26. The minimum absolute atomic E-state index is 0.0296. The maximum atomic E-state index is 12.1. The second kappa shape index (κ2) is 18.5. The molecule has 1 aliphatic heterocycles. The molecule has 8 nitrogen and oxygen atoms in total. The van der Waals surface area contributed by atoms with Gasteiger partial charge in [-0.05, 0) is 93.4 Å². The minimum atomic E-state index is -0.990.